The Labute approximate surface area is 99.0 Å². The summed E-state index contributed by atoms with van der Waals surface area (Å²) in [5, 5.41) is 2.51. The van der Waals surface area contributed by atoms with E-state index in [0.717, 1.165) is 11.3 Å². The van der Waals surface area contributed by atoms with Crippen molar-refractivity contribution in [2.45, 2.75) is 20.8 Å². The molecule has 0 bridgehead atoms. The van der Waals surface area contributed by atoms with Gasteiger partial charge in [-0.15, -0.1) is 11.3 Å². The van der Waals surface area contributed by atoms with Crippen LogP contribution < -0.4 is 0 Å². The van der Waals surface area contributed by atoms with Crippen molar-refractivity contribution in [1.82, 2.24) is 4.98 Å². The van der Waals surface area contributed by atoms with Gasteiger partial charge in [0.1, 0.15) is 0 Å². The molecular formula is C13H13NOS. The van der Waals surface area contributed by atoms with Crippen LogP contribution in [0, 0.1) is 13.8 Å². The Hall–Kier alpha value is -1.48. The van der Waals surface area contributed by atoms with Crippen LogP contribution >= 0.6 is 11.3 Å². The molecular weight excluding hydrogens is 218 g/mol. The van der Waals surface area contributed by atoms with Crippen LogP contribution in [0.4, 0.5) is 0 Å². The molecule has 16 heavy (non-hydrogen) atoms. The lowest BCUT2D eigenvalue weighted by atomic mass is 10.1. The second-order valence-electron chi connectivity index (χ2n) is 3.97. The average Bonchev–Trinajstić information content (AvgIpc) is 2.64. The third kappa shape index (κ3) is 2.19. The molecule has 0 aliphatic rings. The monoisotopic (exact) mass is 231 g/mol. The van der Waals surface area contributed by atoms with E-state index in [1.165, 1.54) is 22.5 Å². The quantitative estimate of drug-likeness (QED) is 0.739. The molecule has 1 aromatic heterocycles. The molecule has 1 heterocycles. The van der Waals surface area contributed by atoms with Crippen molar-refractivity contribution >= 4 is 17.1 Å². The van der Waals surface area contributed by atoms with E-state index in [1.807, 2.05) is 5.38 Å². The van der Waals surface area contributed by atoms with E-state index >= 15 is 0 Å². The fraction of sp³-hybridized carbons (Fsp3) is 0.231. The number of rotatable bonds is 2. The van der Waals surface area contributed by atoms with Gasteiger partial charge in [0.05, 0.1) is 5.69 Å². The van der Waals surface area contributed by atoms with Crippen LogP contribution in [0.5, 0.6) is 0 Å². The molecule has 0 saturated carbocycles. The summed E-state index contributed by atoms with van der Waals surface area (Å²) >= 11 is 1.40. The Morgan fingerprint density at radius 1 is 1.19 bits per heavy atom. The summed E-state index contributed by atoms with van der Waals surface area (Å²) in [7, 11) is 0. The molecule has 0 saturated heterocycles. The lowest BCUT2D eigenvalue weighted by Gasteiger charge is -2.01. The fourth-order valence-electron chi connectivity index (χ4n) is 1.69. The molecule has 0 fully saturated rings. The molecule has 1 aromatic carbocycles. The minimum Gasteiger partial charge on any atom is -0.292 e. The van der Waals surface area contributed by atoms with E-state index in [1.54, 1.807) is 6.92 Å². The zero-order valence-corrected chi connectivity index (χ0v) is 10.4. The SMILES string of the molecule is CC(=O)c1nc(-c2cc(C)cc(C)c2)cs1. The number of hydrogen-bond acceptors (Lipinski definition) is 3. The van der Waals surface area contributed by atoms with Gasteiger partial charge in [0.2, 0.25) is 0 Å². The second-order valence-corrected chi connectivity index (χ2v) is 4.83. The largest absolute Gasteiger partial charge is 0.292 e. The molecule has 0 aliphatic carbocycles. The number of aromatic nitrogens is 1. The molecule has 2 rings (SSSR count). The Bertz CT molecular complexity index is 522. The van der Waals surface area contributed by atoms with Gasteiger partial charge in [0.15, 0.2) is 10.8 Å². The molecule has 0 atom stereocenters. The summed E-state index contributed by atoms with van der Waals surface area (Å²) in [6.45, 7) is 5.67. The molecule has 0 unspecified atom stereocenters. The summed E-state index contributed by atoms with van der Waals surface area (Å²) in [5.41, 5.74) is 4.41. The molecule has 82 valence electrons. The third-order valence-electron chi connectivity index (χ3n) is 2.32. The highest BCUT2D eigenvalue weighted by Gasteiger charge is 2.08. The number of aryl methyl sites for hydroxylation is 2. The minimum absolute atomic E-state index is 0.0284. The molecule has 3 heteroatoms. The predicted molar refractivity (Wildman–Crippen MR) is 67.0 cm³/mol. The Balaban J connectivity index is 2.46. The smallest absolute Gasteiger partial charge is 0.188 e. The van der Waals surface area contributed by atoms with E-state index in [0.29, 0.717) is 5.01 Å². The van der Waals surface area contributed by atoms with Crippen molar-refractivity contribution in [2.75, 3.05) is 0 Å². The highest BCUT2D eigenvalue weighted by molar-refractivity contribution is 7.12. The van der Waals surface area contributed by atoms with Gasteiger partial charge in [-0.1, -0.05) is 17.2 Å². The first-order valence-corrected chi connectivity index (χ1v) is 5.99. The van der Waals surface area contributed by atoms with Gasteiger partial charge in [-0.25, -0.2) is 4.98 Å². The van der Waals surface area contributed by atoms with Gasteiger partial charge in [0, 0.05) is 17.9 Å². The van der Waals surface area contributed by atoms with E-state index in [-0.39, 0.29) is 5.78 Å². The van der Waals surface area contributed by atoms with E-state index in [4.69, 9.17) is 0 Å². The number of ketones is 1. The number of nitrogens with zero attached hydrogens (tertiary/aromatic N) is 1. The highest BCUT2D eigenvalue weighted by Crippen LogP contribution is 2.24. The summed E-state index contributed by atoms with van der Waals surface area (Å²) in [4.78, 5) is 15.5. The first-order chi connectivity index (χ1) is 7.56. The second kappa shape index (κ2) is 4.18. The first-order valence-electron chi connectivity index (χ1n) is 5.11. The van der Waals surface area contributed by atoms with Gasteiger partial charge in [-0.05, 0) is 26.0 Å². The van der Waals surface area contributed by atoms with Gasteiger partial charge in [-0.3, -0.25) is 4.79 Å². The zero-order valence-electron chi connectivity index (χ0n) is 9.57. The number of hydrogen-bond donors (Lipinski definition) is 0. The standard InChI is InChI=1S/C13H13NOS/c1-8-4-9(2)6-11(5-8)12-7-16-13(14-12)10(3)15/h4-7H,1-3H3. The Kier molecular flexibility index (Phi) is 2.88. The Morgan fingerprint density at radius 2 is 1.81 bits per heavy atom. The summed E-state index contributed by atoms with van der Waals surface area (Å²) in [5.74, 6) is 0.0284. The fourth-order valence-corrected chi connectivity index (χ4v) is 2.42. The first kappa shape index (κ1) is 11.0. The molecule has 0 radical (unpaired) electrons. The molecule has 2 aromatic rings. The third-order valence-corrected chi connectivity index (χ3v) is 3.27. The number of thiazole rings is 1. The highest BCUT2D eigenvalue weighted by atomic mass is 32.1. The van der Waals surface area contributed by atoms with Crippen molar-refractivity contribution in [3.05, 3.63) is 39.7 Å². The van der Waals surface area contributed by atoms with E-state index in [2.05, 4.69) is 37.0 Å². The number of carbonyl (C=O) groups excluding carboxylic acids is 1. The maximum absolute atomic E-state index is 11.2. The lowest BCUT2D eigenvalue weighted by molar-refractivity contribution is 0.101. The molecule has 0 amide bonds. The van der Waals surface area contributed by atoms with Gasteiger partial charge < -0.3 is 0 Å². The van der Waals surface area contributed by atoms with Crippen molar-refractivity contribution in [2.24, 2.45) is 0 Å². The van der Waals surface area contributed by atoms with Crippen LogP contribution in [-0.2, 0) is 0 Å². The maximum atomic E-state index is 11.2. The summed E-state index contributed by atoms with van der Waals surface area (Å²) < 4.78 is 0. The predicted octanol–water partition coefficient (Wildman–Crippen LogP) is 3.63. The van der Waals surface area contributed by atoms with E-state index in [9.17, 15) is 4.79 Å². The normalized spacial score (nSPS) is 10.4. The van der Waals surface area contributed by atoms with Gasteiger partial charge in [-0.2, -0.15) is 0 Å². The van der Waals surface area contributed by atoms with Crippen molar-refractivity contribution in [3.63, 3.8) is 0 Å². The molecule has 0 N–H and O–H groups in total. The van der Waals surface area contributed by atoms with E-state index < -0.39 is 0 Å². The number of carbonyl (C=O) groups is 1. The minimum atomic E-state index is 0.0284. The Morgan fingerprint density at radius 3 is 2.31 bits per heavy atom. The molecule has 2 nitrogen and oxygen atoms in total. The zero-order chi connectivity index (χ0) is 11.7. The van der Waals surface area contributed by atoms with Crippen LogP contribution in [0.2, 0.25) is 0 Å². The number of benzene rings is 1. The van der Waals surface area contributed by atoms with Gasteiger partial charge >= 0.3 is 0 Å². The lowest BCUT2D eigenvalue weighted by Crippen LogP contribution is -1.90. The van der Waals surface area contributed by atoms with Crippen molar-refractivity contribution in [3.8, 4) is 11.3 Å². The summed E-state index contributed by atoms with van der Waals surface area (Å²) in [6, 6.07) is 6.31. The summed E-state index contributed by atoms with van der Waals surface area (Å²) in [6.07, 6.45) is 0. The maximum Gasteiger partial charge on any atom is 0.188 e. The molecule has 0 aliphatic heterocycles. The van der Waals surface area contributed by atoms with Gasteiger partial charge in [0.25, 0.3) is 0 Å². The van der Waals surface area contributed by atoms with Crippen LogP contribution in [0.1, 0.15) is 27.9 Å². The van der Waals surface area contributed by atoms with Crippen molar-refractivity contribution in [1.29, 1.82) is 0 Å². The van der Waals surface area contributed by atoms with Crippen LogP contribution in [0.15, 0.2) is 23.6 Å². The van der Waals surface area contributed by atoms with Crippen LogP contribution in [0.3, 0.4) is 0 Å². The van der Waals surface area contributed by atoms with Crippen LogP contribution in [-0.4, -0.2) is 10.8 Å². The number of Topliss-reactive ketones (excluding diaryl/α,β-unsaturated/α-hetero) is 1. The topological polar surface area (TPSA) is 30.0 Å². The van der Waals surface area contributed by atoms with Crippen molar-refractivity contribution < 1.29 is 4.79 Å². The average molecular weight is 231 g/mol. The molecule has 0 spiro atoms. The van der Waals surface area contributed by atoms with Crippen LogP contribution in [0.25, 0.3) is 11.3 Å².